The standard InChI is InChI=1S/C15H20N2O2S/c1-11-5-8-15(9-12(11)2)20(18,19)16-10-14-7-6-13(3)17(14)4/h5-9,16H,10H2,1-4H3. The van der Waals surface area contributed by atoms with Gasteiger partial charge < -0.3 is 4.57 Å². The van der Waals surface area contributed by atoms with Gasteiger partial charge in [-0.15, -0.1) is 0 Å². The molecule has 0 fully saturated rings. The van der Waals surface area contributed by atoms with E-state index in [9.17, 15) is 8.42 Å². The van der Waals surface area contributed by atoms with Crippen molar-refractivity contribution < 1.29 is 8.42 Å². The number of sulfonamides is 1. The van der Waals surface area contributed by atoms with Crippen molar-refractivity contribution in [3.63, 3.8) is 0 Å². The normalized spacial score (nSPS) is 11.8. The van der Waals surface area contributed by atoms with Crippen LogP contribution < -0.4 is 4.72 Å². The van der Waals surface area contributed by atoms with Gasteiger partial charge in [0.05, 0.1) is 11.4 Å². The second kappa shape index (κ2) is 5.42. The molecule has 4 nitrogen and oxygen atoms in total. The molecule has 0 saturated heterocycles. The van der Waals surface area contributed by atoms with Crippen LogP contribution in [0.1, 0.15) is 22.5 Å². The Kier molecular flexibility index (Phi) is 4.01. The first-order valence-electron chi connectivity index (χ1n) is 6.49. The van der Waals surface area contributed by atoms with E-state index in [-0.39, 0.29) is 0 Å². The maximum Gasteiger partial charge on any atom is 0.240 e. The van der Waals surface area contributed by atoms with E-state index in [0.29, 0.717) is 11.4 Å². The summed E-state index contributed by atoms with van der Waals surface area (Å²) in [6.45, 7) is 6.15. The van der Waals surface area contributed by atoms with Crippen LogP contribution in [0.2, 0.25) is 0 Å². The third kappa shape index (κ3) is 2.94. The molecule has 0 amide bonds. The van der Waals surface area contributed by atoms with E-state index in [2.05, 4.69) is 4.72 Å². The second-order valence-electron chi connectivity index (χ2n) is 5.10. The fraction of sp³-hybridized carbons (Fsp3) is 0.333. The van der Waals surface area contributed by atoms with Gasteiger partial charge in [0.1, 0.15) is 0 Å². The largest absolute Gasteiger partial charge is 0.351 e. The number of benzene rings is 1. The molecule has 0 aliphatic carbocycles. The number of aryl methyl sites for hydroxylation is 3. The molecular weight excluding hydrogens is 272 g/mol. The lowest BCUT2D eigenvalue weighted by atomic mass is 10.1. The van der Waals surface area contributed by atoms with E-state index < -0.39 is 10.0 Å². The van der Waals surface area contributed by atoms with E-state index in [0.717, 1.165) is 22.5 Å². The molecule has 2 aromatic rings. The van der Waals surface area contributed by atoms with Crippen LogP contribution in [0.3, 0.4) is 0 Å². The number of aromatic nitrogens is 1. The molecule has 0 bridgehead atoms. The van der Waals surface area contributed by atoms with Crippen molar-refractivity contribution in [3.05, 3.63) is 52.8 Å². The SMILES string of the molecule is Cc1ccc(S(=O)(=O)NCc2ccc(C)n2C)cc1C. The third-order valence-corrected chi connectivity index (χ3v) is 5.11. The van der Waals surface area contributed by atoms with E-state index in [1.165, 1.54) is 0 Å². The lowest BCUT2D eigenvalue weighted by Crippen LogP contribution is -2.24. The Hall–Kier alpha value is -1.59. The summed E-state index contributed by atoms with van der Waals surface area (Å²) < 4.78 is 29.2. The predicted octanol–water partition coefficient (Wildman–Crippen LogP) is 2.43. The maximum absolute atomic E-state index is 12.3. The highest BCUT2D eigenvalue weighted by molar-refractivity contribution is 7.89. The molecule has 1 aromatic carbocycles. The zero-order valence-corrected chi connectivity index (χ0v) is 13.1. The minimum atomic E-state index is -3.47. The highest BCUT2D eigenvalue weighted by atomic mass is 32.2. The van der Waals surface area contributed by atoms with Crippen LogP contribution in [-0.4, -0.2) is 13.0 Å². The summed E-state index contributed by atoms with van der Waals surface area (Å²) in [5.41, 5.74) is 4.10. The van der Waals surface area contributed by atoms with Crippen molar-refractivity contribution in [2.24, 2.45) is 7.05 Å². The van der Waals surface area contributed by atoms with Gasteiger partial charge in [-0.1, -0.05) is 6.07 Å². The molecule has 20 heavy (non-hydrogen) atoms. The molecule has 0 radical (unpaired) electrons. The summed E-state index contributed by atoms with van der Waals surface area (Å²) >= 11 is 0. The number of nitrogens with one attached hydrogen (secondary N) is 1. The number of hydrogen-bond acceptors (Lipinski definition) is 2. The van der Waals surface area contributed by atoms with Crippen molar-refractivity contribution >= 4 is 10.0 Å². The molecule has 1 N–H and O–H groups in total. The minimum absolute atomic E-state index is 0.291. The first kappa shape index (κ1) is 14.8. The van der Waals surface area contributed by atoms with E-state index in [4.69, 9.17) is 0 Å². The fourth-order valence-electron chi connectivity index (χ4n) is 1.98. The zero-order chi connectivity index (χ0) is 14.9. The average molecular weight is 292 g/mol. The molecule has 1 aromatic heterocycles. The van der Waals surface area contributed by atoms with Gasteiger partial charge in [0.25, 0.3) is 0 Å². The van der Waals surface area contributed by atoms with Crippen LogP contribution in [0.15, 0.2) is 35.2 Å². The van der Waals surface area contributed by atoms with Crippen LogP contribution in [0, 0.1) is 20.8 Å². The molecule has 2 rings (SSSR count). The van der Waals surface area contributed by atoms with Gasteiger partial charge >= 0.3 is 0 Å². The molecule has 0 spiro atoms. The quantitative estimate of drug-likeness (QED) is 0.941. The monoisotopic (exact) mass is 292 g/mol. The van der Waals surface area contributed by atoms with Gasteiger partial charge in [-0.3, -0.25) is 0 Å². The van der Waals surface area contributed by atoms with Crippen molar-refractivity contribution in [1.82, 2.24) is 9.29 Å². The van der Waals surface area contributed by atoms with Crippen LogP contribution in [0.25, 0.3) is 0 Å². The molecule has 0 saturated carbocycles. The van der Waals surface area contributed by atoms with E-state index >= 15 is 0 Å². The van der Waals surface area contributed by atoms with Crippen molar-refractivity contribution in [3.8, 4) is 0 Å². The van der Waals surface area contributed by atoms with Crippen LogP contribution >= 0.6 is 0 Å². The Labute approximate surface area is 120 Å². The summed E-state index contributed by atoms with van der Waals surface area (Å²) in [5, 5.41) is 0. The fourth-order valence-corrected chi connectivity index (χ4v) is 3.06. The van der Waals surface area contributed by atoms with Crippen LogP contribution in [0.4, 0.5) is 0 Å². The number of hydrogen-bond donors (Lipinski definition) is 1. The first-order chi connectivity index (χ1) is 9.31. The van der Waals surface area contributed by atoms with Crippen LogP contribution in [0.5, 0.6) is 0 Å². The zero-order valence-electron chi connectivity index (χ0n) is 12.3. The Morgan fingerprint density at radius 2 is 1.75 bits per heavy atom. The first-order valence-corrected chi connectivity index (χ1v) is 7.97. The molecule has 1 heterocycles. The summed E-state index contributed by atoms with van der Waals surface area (Å²) in [6, 6.07) is 9.07. The van der Waals surface area contributed by atoms with Crippen LogP contribution in [-0.2, 0) is 23.6 Å². The van der Waals surface area contributed by atoms with Gasteiger partial charge in [-0.2, -0.15) is 0 Å². The van der Waals surface area contributed by atoms with E-state index in [1.54, 1.807) is 12.1 Å². The van der Waals surface area contributed by atoms with Crippen molar-refractivity contribution in [2.75, 3.05) is 0 Å². The van der Waals surface area contributed by atoms with E-state index in [1.807, 2.05) is 50.6 Å². The number of rotatable bonds is 4. The third-order valence-electron chi connectivity index (χ3n) is 3.71. The maximum atomic E-state index is 12.3. The summed E-state index contributed by atoms with van der Waals surface area (Å²) in [4.78, 5) is 0.312. The molecule has 0 unspecified atom stereocenters. The van der Waals surface area contributed by atoms with Gasteiger partial charge in [-0.05, 0) is 56.2 Å². The smallest absolute Gasteiger partial charge is 0.240 e. The minimum Gasteiger partial charge on any atom is -0.351 e. The van der Waals surface area contributed by atoms with Crippen molar-refractivity contribution in [2.45, 2.75) is 32.2 Å². The lowest BCUT2D eigenvalue weighted by molar-refractivity contribution is 0.578. The Balaban J connectivity index is 2.19. The summed E-state index contributed by atoms with van der Waals surface area (Å²) in [5.74, 6) is 0. The summed E-state index contributed by atoms with van der Waals surface area (Å²) in [7, 11) is -1.54. The predicted molar refractivity (Wildman–Crippen MR) is 80.1 cm³/mol. The molecule has 0 aliphatic heterocycles. The molecule has 0 atom stereocenters. The lowest BCUT2D eigenvalue weighted by Gasteiger charge is -2.10. The van der Waals surface area contributed by atoms with Gasteiger partial charge in [-0.25, -0.2) is 13.1 Å². The Morgan fingerprint density at radius 1 is 1.05 bits per heavy atom. The summed E-state index contributed by atoms with van der Waals surface area (Å²) in [6.07, 6.45) is 0. The van der Waals surface area contributed by atoms with Gasteiger partial charge in [0.2, 0.25) is 10.0 Å². The highest BCUT2D eigenvalue weighted by Gasteiger charge is 2.15. The van der Waals surface area contributed by atoms with Gasteiger partial charge in [0, 0.05) is 18.4 Å². The van der Waals surface area contributed by atoms with Crippen molar-refractivity contribution in [1.29, 1.82) is 0 Å². The highest BCUT2D eigenvalue weighted by Crippen LogP contribution is 2.15. The molecule has 108 valence electrons. The molecule has 5 heteroatoms. The second-order valence-corrected chi connectivity index (χ2v) is 6.86. The molecular formula is C15H20N2O2S. The van der Waals surface area contributed by atoms with Gasteiger partial charge in [0.15, 0.2) is 0 Å². The molecule has 0 aliphatic rings. The Morgan fingerprint density at radius 3 is 2.30 bits per heavy atom. The average Bonchev–Trinajstić information content (AvgIpc) is 2.71. The topological polar surface area (TPSA) is 51.1 Å². The Bertz CT molecular complexity index is 730. The number of nitrogens with zero attached hydrogens (tertiary/aromatic N) is 1.